The first-order valence-corrected chi connectivity index (χ1v) is 10.9. The number of amides is 2. The molecular formula is C21H33F3N6O2. The lowest BCUT2D eigenvalue weighted by Crippen LogP contribution is -2.68. The molecule has 0 spiro atoms. The summed E-state index contributed by atoms with van der Waals surface area (Å²) >= 11 is 0. The van der Waals surface area contributed by atoms with E-state index in [9.17, 15) is 18.0 Å². The van der Waals surface area contributed by atoms with Gasteiger partial charge < -0.3 is 25.6 Å². The molecule has 180 valence electrons. The maximum atomic E-state index is 12.5. The molecule has 0 aromatic heterocycles. The van der Waals surface area contributed by atoms with E-state index in [4.69, 9.17) is 0 Å². The lowest BCUT2D eigenvalue weighted by atomic mass is 10.0. The van der Waals surface area contributed by atoms with Crippen molar-refractivity contribution in [2.45, 2.75) is 50.5 Å². The van der Waals surface area contributed by atoms with E-state index in [1.54, 1.807) is 0 Å². The quantitative estimate of drug-likeness (QED) is 0.426. The van der Waals surface area contributed by atoms with Gasteiger partial charge in [-0.25, -0.2) is 4.79 Å². The van der Waals surface area contributed by atoms with Crippen LogP contribution >= 0.6 is 0 Å². The molecule has 1 aromatic carbocycles. The van der Waals surface area contributed by atoms with Gasteiger partial charge in [-0.15, -0.1) is 13.2 Å². The Morgan fingerprint density at radius 1 is 1.25 bits per heavy atom. The van der Waals surface area contributed by atoms with Crippen molar-refractivity contribution < 1.29 is 22.7 Å². The maximum absolute atomic E-state index is 12.5. The highest BCUT2D eigenvalue weighted by atomic mass is 19.4. The minimum Gasteiger partial charge on any atom is -0.406 e. The van der Waals surface area contributed by atoms with Crippen LogP contribution in [0.15, 0.2) is 24.3 Å². The molecule has 1 saturated heterocycles. The molecule has 32 heavy (non-hydrogen) atoms. The fourth-order valence-corrected chi connectivity index (χ4v) is 3.97. The number of carbonyl (C=O) groups excluding carboxylic acids is 1. The van der Waals surface area contributed by atoms with E-state index in [0.29, 0.717) is 17.6 Å². The predicted molar refractivity (Wildman–Crippen MR) is 116 cm³/mol. The second kappa shape index (κ2) is 10.7. The number of benzene rings is 1. The Hall–Kier alpha value is -2.08. The monoisotopic (exact) mass is 458 g/mol. The Labute approximate surface area is 186 Å². The number of nitrogens with zero attached hydrogens (tertiary/aromatic N) is 2. The summed E-state index contributed by atoms with van der Waals surface area (Å²) in [5.41, 5.74) is 0.368. The Bertz CT molecular complexity index is 742. The van der Waals surface area contributed by atoms with Gasteiger partial charge >= 0.3 is 12.4 Å². The van der Waals surface area contributed by atoms with E-state index in [1.807, 2.05) is 21.1 Å². The molecule has 2 aliphatic rings. The average Bonchev–Trinajstić information content (AvgIpc) is 3.53. The second-order valence-electron chi connectivity index (χ2n) is 8.71. The number of alkyl halides is 3. The smallest absolute Gasteiger partial charge is 0.406 e. The van der Waals surface area contributed by atoms with Crippen LogP contribution in [0.4, 0.5) is 23.7 Å². The third-order valence-electron chi connectivity index (χ3n) is 5.72. The minimum atomic E-state index is -4.75. The number of halogens is 3. The fraction of sp³-hybridized carbons (Fsp3) is 0.667. The van der Waals surface area contributed by atoms with Gasteiger partial charge in [0.05, 0.1) is 6.17 Å². The van der Waals surface area contributed by atoms with E-state index >= 15 is 0 Å². The molecule has 4 N–H and O–H groups in total. The SMILES string of the molecule is CN(C)CCCNC1CC(C2CC2)N(C)C(NC(=O)Nc2ccc(OC(F)(F)F)cc2)N1. The molecule has 2 fully saturated rings. The second-order valence-corrected chi connectivity index (χ2v) is 8.71. The number of urea groups is 1. The Balaban J connectivity index is 1.53. The summed E-state index contributed by atoms with van der Waals surface area (Å²) in [6.45, 7) is 1.88. The van der Waals surface area contributed by atoms with Crippen molar-refractivity contribution in [1.82, 2.24) is 25.8 Å². The zero-order valence-electron chi connectivity index (χ0n) is 18.7. The summed E-state index contributed by atoms with van der Waals surface area (Å²) < 4.78 is 40.7. The van der Waals surface area contributed by atoms with Gasteiger partial charge in [0, 0.05) is 11.7 Å². The van der Waals surface area contributed by atoms with Crippen molar-refractivity contribution in [1.29, 1.82) is 0 Å². The summed E-state index contributed by atoms with van der Waals surface area (Å²) in [6, 6.07) is 4.96. The van der Waals surface area contributed by atoms with Crippen LogP contribution in [0.5, 0.6) is 5.75 Å². The minimum absolute atomic E-state index is 0.0862. The molecule has 1 heterocycles. The van der Waals surface area contributed by atoms with Crippen LogP contribution in [-0.4, -0.2) is 74.9 Å². The number of carbonyl (C=O) groups is 1. The molecule has 2 amide bonds. The van der Waals surface area contributed by atoms with Crippen molar-refractivity contribution in [2.75, 3.05) is 39.5 Å². The van der Waals surface area contributed by atoms with Crippen molar-refractivity contribution >= 4 is 11.7 Å². The summed E-state index contributed by atoms with van der Waals surface area (Å²) in [7, 11) is 6.09. The first-order chi connectivity index (χ1) is 15.1. The maximum Gasteiger partial charge on any atom is 0.573 e. The van der Waals surface area contributed by atoms with Crippen LogP contribution in [0, 0.1) is 5.92 Å². The molecule has 11 heteroatoms. The molecule has 1 aromatic rings. The van der Waals surface area contributed by atoms with Crippen LogP contribution in [0.3, 0.4) is 0 Å². The largest absolute Gasteiger partial charge is 0.573 e. The number of ether oxygens (including phenoxy) is 1. The van der Waals surface area contributed by atoms with Gasteiger partial charge in [0.1, 0.15) is 12.0 Å². The topological polar surface area (TPSA) is 80.9 Å². The summed E-state index contributed by atoms with van der Waals surface area (Å²) in [5.74, 6) is 0.300. The standard InChI is InChI=1S/C21H33F3N6O2/c1-29(2)12-4-11-25-18-13-17(14-5-6-14)30(3)19(27-18)28-20(31)26-15-7-9-16(10-8-15)32-21(22,23)24/h7-10,14,17-19,25,27H,4-6,11-13H2,1-3H3,(H2,26,28,31). The van der Waals surface area contributed by atoms with Crippen LogP contribution < -0.4 is 26.0 Å². The van der Waals surface area contributed by atoms with Crippen LogP contribution in [0.25, 0.3) is 0 Å². The molecule has 1 aliphatic carbocycles. The Kier molecular flexibility index (Phi) is 8.21. The van der Waals surface area contributed by atoms with Gasteiger partial charge in [-0.3, -0.25) is 10.2 Å². The molecule has 1 aliphatic heterocycles. The van der Waals surface area contributed by atoms with Crippen molar-refractivity contribution in [3.05, 3.63) is 24.3 Å². The van der Waals surface area contributed by atoms with Gasteiger partial charge in [-0.05, 0) is 90.1 Å². The first-order valence-electron chi connectivity index (χ1n) is 10.9. The molecule has 3 atom stereocenters. The van der Waals surface area contributed by atoms with E-state index in [2.05, 4.69) is 35.8 Å². The number of hydrogen-bond acceptors (Lipinski definition) is 6. The average molecular weight is 459 g/mol. The van der Waals surface area contributed by atoms with E-state index in [-0.39, 0.29) is 18.2 Å². The third-order valence-corrected chi connectivity index (χ3v) is 5.72. The van der Waals surface area contributed by atoms with Gasteiger partial charge in [0.15, 0.2) is 0 Å². The zero-order chi connectivity index (χ0) is 23.3. The molecule has 3 rings (SSSR count). The summed E-state index contributed by atoms with van der Waals surface area (Å²) in [4.78, 5) is 16.8. The Morgan fingerprint density at radius 3 is 2.53 bits per heavy atom. The van der Waals surface area contributed by atoms with Gasteiger partial charge in [-0.2, -0.15) is 0 Å². The molecule has 3 unspecified atom stereocenters. The van der Waals surface area contributed by atoms with E-state index in [1.165, 1.54) is 25.0 Å². The van der Waals surface area contributed by atoms with Crippen LogP contribution in [0.2, 0.25) is 0 Å². The lowest BCUT2D eigenvalue weighted by molar-refractivity contribution is -0.274. The summed E-state index contributed by atoms with van der Waals surface area (Å²) in [5, 5.41) is 12.6. The number of rotatable bonds is 9. The van der Waals surface area contributed by atoms with Crippen molar-refractivity contribution in [3.63, 3.8) is 0 Å². The third kappa shape index (κ3) is 7.80. The van der Waals surface area contributed by atoms with Crippen LogP contribution in [0.1, 0.15) is 25.7 Å². The molecule has 1 saturated carbocycles. The van der Waals surface area contributed by atoms with E-state index in [0.717, 1.165) is 38.1 Å². The first kappa shape index (κ1) is 24.6. The molecule has 8 nitrogen and oxygen atoms in total. The predicted octanol–water partition coefficient (Wildman–Crippen LogP) is 2.56. The normalized spacial score (nSPS) is 24.4. The van der Waals surface area contributed by atoms with Crippen molar-refractivity contribution in [2.24, 2.45) is 5.92 Å². The van der Waals surface area contributed by atoms with E-state index < -0.39 is 12.4 Å². The highest BCUT2D eigenvalue weighted by Crippen LogP contribution is 2.38. The Morgan fingerprint density at radius 2 is 1.94 bits per heavy atom. The molecule has 0 bridgehead atoms. The lowest BCUT2D eigenvalue weighted by Gasteiger charge is -2.44. The van der Waals surface area contributed by atoms with Gasteiger partial charge in [0.25, 0.3) is 0 Å². The van der Waals surface area contributed by atoms with Gasteiger partial charge in [0.2, 0.25) is 0 Å². The van der Waals surface area contributed by atoms with Crippen LogP contribution in [-0.2, 0) is 0 Å². The van der Waals surface area contributed by atoms with Gasteiger partial charge in [-0.1, -0.05) is 0 Å². The highest BCUT2D eigenvalue weighted by molar-refractivity contribution is 5.89. The molecular weight excluding hydrogens is 425 g/mol. The molecule has 0 radical (unpaired) electrons. The fourth-order valence-electron chi connectivity index (χ4n) is 3.97. The number of hydrogen-bond donors (Lipinski definition) is 4. The number of anilines is 1. The van der Waals surface area contributed by atoms with Crippen molar-refractivity contribution in [3.8, 4) is 5.75 Å². The zero-order valence-corrected chi connectivity index (χ0v) is 18.7. The summed E-state index contributed by atoms with van der Waals surface area (Å²) in [6.07, 6.45) is -0.637. The highest BCUT2D eigenvalue weighted by Gasteiger charge is 2.41. The number of nitrogens with one attached hydrogen (secondary N) is 4.